The van der Waals surface area contributed by atoms with Crippen LogP contribution in [0.3, 0.4) is 0 Å². The van der Waals surface area contributed by atoms with Crippen LogP contribution in [0.2, 0.25) is 0 Å². The highest BCUT2D eigenvalue weighted by Crippen LogP contribution is 2.45. The number of aromatic nitrogens is 1. The van der Waals surface area contributed by atoms with Crippen LogP contribution in [-0.4, -0.2) is 29.1 Å². The maximum absolute atomic E-state index is 11.3. The standard InChI is InChI=1S/C13H18N2O2S/c1-2-9-7-18-13(14-9)15-5-10(8-3-4-8)11(6-15)12(16)17/h7-8,10-11H,2-6H2,1H3,(H,16,17)/t10-,11+/m0/s1. The Bertz CT molecular complexity index is 456. The van der Waals surface area contributed by atoms with Gasteiger partial charge in [-0.1, -0.05) is 6.92 Å². The van der Waals surface area contributed by atoms with Crippen LogP contribution in [-0.2, 0) is 11.2 Å². The number of carboxylic acid groups (broad SMARTS) is 1. The molecule has 2 heterocycles. The summed E-state index contributed by atoms with van der Waals surface area (Å²) in [6.45, 7) is 3.60. The molecule has 1 aliphatic heterocycles. The summed E-state index contributed by atoms with van der Waals surface area (Å²) in [5, 5.41) is 12.4. The fourth-order valence-electron chi connectivity index (χ4n) is 2.85. The molecule has 1 saturated heterocycles. The third-order valence-electron chi connectivity index (χ3n) is 4.08. The molecular formula is C13H18N2O2S. The van der Waals surface area contributed by atoms with E-state index >= 15 is 0 Å². The Morgan fingerprint density at radius 3 is 2.89 bits per heavy atom. The molecule has 2 atom stereocenters. The average Bonchev–Trinajstić information content (AvgIpc) is 2.94. The number of thiazole rings is 1. The van der Waals surface area contributed by atoms with E-state index in [1.165, 1.54) is 12.8 Å². The number of aryl methyl sites for hydroxylation is 1. The van der Waals surface area contributed by atoms with Gasteiger partial charge in [-0.15, -0.1) is 11.3 Å². The second kappa shape index (κ2) is 4.53. The van der Waals surface area contributed by atoms with Crippen LogP contribution in [0.25, 0.3) is 0 Å². The number of nitrogens with zero attached hydrogens (tertiary/aromatic N) is 2. The minimum Gasteiger partial charge on any atom is -0.481 e. The third-order valence-corrected chi connectivity index (χ3v) is 5.03. The largest absolute Gasteiger partial charge is 0.481 e. The van der Waals surface area contributed by atoms with Crippen molar-refractivity contribution < 1.29 is 9.90 Å². The van der Waals surface area contributed by atoms with Crippen LogP contribution >= 0.6 is 11.3 Å². The zero-order valence-corrected chi connectivity index (χ0v) is 11.3. The Labute approximate surface area is 111 Å². The van der Waals surface area contributed by atoms with Crippen LogP contribution in [0.5, 0.6) is 0 Å². The highest BCUT2D eigenvalue weighted by molar-refractivity contribution is 7.13. The topological polar surface area (TPSA) is 53.4 Å². The van der Waals surface area contributed by atoms with Crippen molar-refractivity contribution in [3.63, 3.8) is 0 Å². The Kier molecular flexibility index (Phi) is 3.01. The molecule has 0 amide bonds. The van der Waals surface area contributed by atoms with Gasteiger partial charge in [0.1, 0.15) is 0 Å². The van der Waals surface area contributed by atoms with E-state index in [-0.39, 0.29) is 5.92 Å². The summed E-state index contributed by atoms with van der Waals surface area (Å²) in [4.78, 5) is 18.1. The van der Waals surface area contributed by atoms with E-state index in [1.807, 2.05) is 0 Å². The summed E-state index contributed by atoms with van der Waals surface area (Å²) in [6, 6.07) is 0. The Morgan fingerprint density at radius 1 is 1.56 bits per heavy atom. The fourth-order valence-corrected chi connectivity index (χ4v) is 3.78. The predicted octanol–water partition coefficient (Wildman–Crippen LogP) is 2.25. The number of anilines is 1. The molecule has 2 aliphatic rings. The van der Waals surface area contributed by atoms with Crippen molar-refractivity contribution in [1.29, 1.82) is 0 Å². The Hall–Kier alpha value is -1.10. The fraction of sp³-hybridized carbons (Fsp3) is 0.692. The second-order valence-electron chi connectivity index (χ2n) is 5.33. The number of carbonyl (C=O) groups is 1. The number of rotatable bonds is 4. The van der Waals surface area contributed by atoms with Gasteiger partial charge >= 0.3 is 5.97 Å². The lowest BCUT2D eigenvalue weighted by Crippen LogP contribution is -2.24. The zero-order chi connectivity index (χ0) is 12.7. The number of aliphatic carboxylic acids is 1. The first kappa shape index (κ1) is 12.0. The molecule has 18 heavy (non-hydrogen) atoms. The summed E-state index contributed by atoms with van der Waals surface area (Å²) in [6.07, 6.45) is 3.36. The van der Waals surface area contributed by atoms with Crippen LogP contribution < -0.4 is 4.90 Å². The van der Waals surface area contributed by atoms with Gasteiger partial charge in [-0.25, -0.2) is 4.98 Å². The van der Waals surface area contributed by atoms with Gasteiger partial charge in [0, 0.05) is 18.5 Å². The smallest absolute Gasteiger partial charge is 0.308 e. The van der Waals surface area contributed by atoms with Crippen molar-refractivity contribution in [2.75, 3.05) is 18.0 Å². The first-order valence-electron chi connectivity index (χ1n) is 6.61. The van der Waals surface area contributed by atoms with Gasteiger partial charge in [0.2, 0.25) is 0 Å². The zero-order valence-electron chi connectivity index (χ0n) is 10.5. The van der Waals surface area contributed by atoms with E-state index in [9.17, 15) is 9.90 Å². The molecule has 0 aromatic carbocycles. The van der Waals surface area contributed by atoms with Gasteiger partial charge < -0.3 is 10.0 Å². The first-order valence-corrected chi connectivity index (χ1v) is 7.49. The lowest BCUT2D eigenvalue weighted by Gasteiger charge is -2.14. The highest BCUT2D eigenvalue weighted by Gasteiger charge is 2.46. The number of hydrogen-bond donors (Lipinski definition) is 1. The molecule has 0 bridgehead atoms. The molecule has 4 nitrogen and oxygen atoms in total. The molecule has 5 heteroatoms. The van der Waals surface area contributed by atoms with E-state index < -0.39 is 5.97 Å². The van der Waals surface area contributed by atoms with Crippen LogP contribution in [0, 0.1) is 17.8 Å². The molecule has 3 rings (SSSR count). The SMILES string of the molecule is CCc1csc(N2C[C@@H](C(=O)O)[C@H](C3CC3)C2)n1. The summed E-state index contributed by atoms with van der Waals surface area (Å²) in [5.41, 5.74) is 1.11. The lowest BCUT2D eigenvalue weighted by atomic mass is 9.92. The maximum atomic E-state index is 11.3. The average molecular weight is 266 g/mol. The second-order valence-corrected chi connectivity index (χ2v) is 6.16. The minimum absolute atomic E-state index is 0.202. The molecule has 0 unspecified atom stereocenters. The molecule has 1 aliphatic carbocycles. The predicted molar refractivity (Wildman–Crippen MR) is 71.0 cm³/mol. The van der Waals surface area contributed by atoms with Crippen molar-refractivity contribution in [2.45, 2.75) is 26.2 Å². The van der Waals surface area contributed by atoms with E-state index in [0.717, 1.165) is 23.8 Å². The third kappa shape index (κ3) is 2.11. The Morgan fingerprint density at radius 2 is 2.33 bits per heavy atom. The number of hydrogen-bond acceptors (Lipinski definition) is 4. The van der Waals surface area contributed by atoms with E-state index in [1.54, 1.807) is 11.3 Å². The summed E-state index contributed by atoms with van der Waals surface area (Å²) < 4.78 is 0. The molecule has 2 fully saturated rings. The Balaban J connectivity index is 1.76. The molecule has 0 radical (unpaired) electrons. The van der Waals surface area contributed by atoms with Gasteiger partial charge in [0.15, 0.2) is 5.13 Å². The molecule has 1 aromatic rings. The van der Waals surface area contributed by atoms with Crippen LogP contribution in [0.4, 0.5) is 5.13 Å². The van der Waals surface area contributed by atoms with Gasteiger partial charge in [-0.2, -0.15) is 0 Å². The number of carboxylic acids is 1. The van der Waals surface area contributed by atoms with E-state index in [4.69, 9.17) is 0 Å². The van der Waals surface area contributed by atoms with Gasteiger partial charge in [0.25, 0.3) is 0 Å². The molecule has 98 valence electrons. The minimum atomic E-state index is -0.637. The van der Waals surface area contributed by atoms with Crippen molar-refractivity contribution in [3.8, 4) is 0 Å². The summed E-state index contributed by atoms with van der Waals surface area (Å²) in [5.74, 6) is 0.131. The lowest BCUT2D eigenvalue weighted by molar-refractivity contribution is -0.142. The molecule has 1 saturated carbocycles. The van der Waals surface area contributed by atoms with Crippen molar-refractivity contribution >= 4 is 22.4 Å². The molecule has 1 aromatic heterocycles. The van der Waals surface area contributed by atoms with Crippen molar-refractivity contribution in [1.82, 2.24) is 4.98 Å². The summed E-state index contributed by atoms with van der Waals surface area (Å²) >= 11 is 1.64. The quantitative estimate of drug-likeness (QED) is 0.908. The van der Waals surface area contributed by atoms with Crippen LogP contribution in [0.1, 0.15) is 25.5 Å². The molecular weight excluding hydrogens is 248 g/mol. The highest BCUT2D eigenvalue weighted by atomic mass is 32.1. The van der Waals surface area contributed by atoms with Crippen molar-refractivity contribution in [3.05, 3.63) is 11.1 Å². The first-order chi connectivity index (χ1) is 8.69. The molecule has 0 spiro atoms. The maximum Gasteiger partial charge on any atom is 0.308 e. The van der Waals surface area contributed by atoms with Gasteiger partial charge in [-0.3, -0.25) is 4.79 Å². The van der Waals surface area contributed by atoms with Crippen LogP contribution in [0.15, 0.2) is 5.38 Å². The van der Waals surface area contributed by atoms with E-state index in [0.29, 0.717) is 18.4 Å². The normalized spacial score (nSPS) is 27.7. The summed E-state index contributed by atoms with van der Waals surface area (Å²) in [7, 11) is 0. The van der Waals surface area contributed by atoms with Gasteiger partial charge in [-0.05, 0) is 31.1 Å². The monoisotopic (exact) mass is 266 g/mol. The van der Waals surface area contributed by atoms with Gasteiger partial charge in [0.05, 0.1) is 11.6 Å². The van der Waals surface area contributed by atoms with Crippen molar-refractivity contribution in [2.24, 2.45) is 17.8 Å². The van der Waals surface area contributed by atoms with E-state index in [2.05, 4.69) is 22.2 Å². The molecule has 1 N–H and O–H groups in total.